The average molecular weight is 823 g/mol. The molecular formula is C46H28F6O4S2. The molecule has 0 aliphatic heterocycles. The van der Waals surface area contributed by atoms with Crippen LogP contribution in [0, 0.1) is 11.8 Å². The van der Waals surface area contributed by atoms with Gasteiger partial charge in [-0.25, -0.2) is 0 Å². The summed E-state index contributed by atoms with van der Waals surface area (Å²) < 4.78 is 81.4. The standard InChI is InChI=1S/C46H28F6O4S2/c1-43(2)33-11-19-10-32-34(44(3,4)36-18-24(58-42(32)36)16-30-28-14-22(46(50,51)52)6-8-26(28)38(54)40(30)56)12-20(19)9-31(33)41-35(43)17-23(57-41)15-29-27-13-21(45(47,48)49)5-7-25(27)37(53)39(29)55/h5-20H,1-4H3/b29-15-,30-16-. The summed E-state index contributed by atoms with van der Waals surface area (Å²) in [5.74, 6) is -3.31. The molecular weight excluding hydrogens is 795 g/mol. The van der Waals surface area contributed by atoms with Crippen LogP contribution >= 0.6 is 22.7 Å². The van der Waals surface area contributed by atoms with Crippen LogP contribution in [-0.2, 0) is 32.8 Å². The highest BCUT2D eigenvalue weighted by Crippen LogP contribution is 2.60. The number of halogens is 6. The van der Waals surface area contributed by atoms with E-state index in [-0.39, 0.29) is 45.2 Å². The Hall–Kier alpha value is -5.46. The number of alkyl halides is 6. The van der Waals surface area contributed by atoms with Gasteiger partial charge in [-0.1, -0.05) is 52.0 Å². The fraction of sp³-hybridized carbons (Fsp3) is 0.217. The third kappa shape index (κ3) is 5.06. The lowest BCUT2D eigenvalue weighted by molar-refractivity contribution is -0.138. The number of fused-ring (bicyclic) bond motifs is 9. The molecule has 2 heterocycles. The Morgan fingerprint density at radius 2 is 0.897 bits per heavy atom. The maximum atomic E-state index is 13.6. The van der Waals surface area contributed by atoms with Gasteiger partial charge in [0, 0.05) is 64.4 Å². The second-order valence-corrected chi connectivity index (χ2v) is 18.6. The number of hydrogen-bond acceptors (Lipinski definition) is 6. The summed E-state index contributed by atoms with van der Waals surface area (Å²) in [5.41, 5.74) is 3.44. The molecule has 0 saturated heterocycles. The van der Waals surface area contributed by atoms with E-state index in [2.05, 4.69) is 52.0 Å². The molecule has 0 N–H and O–H groups in total. The minimum absolute atomic E-state index is 0.00109. The van der Waals surface area contributed by atoms with Gasteiger partial charge in [0.1, 0.15) is 0 Å². The van der Waals surface area contributed by atoms with Crippen LogP contribution in [0.3, 0.4) is 0 Å². The van der Waals surface area contributed by atoms with E-state index >= 15 is 0 Å². The van der Waals surface area contributed by atoms with Crippen molar-refractivity contribution in [3.05, 3.63) is 148 Å². The largest absolute Gasteiger partial charge is 0.416 e. The van der Waals surface area contributed by atoms with Crippen LogP contribution in [0.1, 0.15) is 101 Å². The van der Waals surface area contributed by atoms with Crippen molar-refractivity contribution in [2.24, 2.45) is 11.8 Å². The summed E-state index contributed by atoms with van der Waals surface area (Å²) in [6.45, 7) is 8.43. The predicted octanol–water partition coefficient (Wildman–Crippen LogP) is 11.6. The highest BCUT2D eigenvalue weighted by molar-refractivity contribution is 7.15. The molecule has 2 aromatic heterocycles. The molecule has 58 heavy (non-hydrogen) atoms. The number of ketones is 4. The van der Waals surface area contributed by atoms with E-state index in [4.69, 9.17) is 0 Å². The van der Waals surface area contributed by atoms with Crippen molar-refractivity contribution in [2.75, 3.05) is 0 Å². The zero-order valence-electron chi connectivity index (χ0n) is 31.0. The van der Waals surface area contributed by atoms with E-state index in [1.807, 2.05) is 12.1 Å². The van der Waals surface area contributed by atoms with Crippen LogP contribution in [0.5, 0.6) is 0 Å². The molecule has 6 aliphatic rings. The van der Waals surface area contributed by atoms with Crippen molar-refractivity contribution in [3.8, 4) is 0 Å². The van der Waals surface area contributed by atoms with Crippen molar-refractivity contribution in [1.82, 2.24) is 0 Å². The van der Waals surface area contributed by atoms with Gasteiger partial charge >= 0.3 is 12.4 Å². The molecule has 4 nitrogen and oxygen atoms in total. The van der Waals surface area contributed by atoms with E-state index in [1.165, 1.54) is 34.8 Å². The first-order valence-electron chi connectivity index (χ1n) is 18.4. The Kier molecular flexibility index (Phi) is 7.37. The van der Waals surface area contributed by atoms with Gasteiger partial charge in [0.2, 0.25) is 23.1 Å². The number of Topliss-reactive ketones (excluding diaryl/α,β-unsaturated/α-hetero) is 4. The Balaban J connectivity index is 0.994. The molecule has 12 heteroatoms. The Labute approximate surface area is 335 Å². The second kappa shape index (κ2) is 11.6. The summed E-state index contributed by atoms with van der Waals surface area (Å²) in [4.78, 5) is 54.9. The monoisotopic (exact) mass is 822 g/mol. The molecule has 4 aromatic rings. The van der Waals surface area contributed by atoms with Gasteiger partial charge in [-0.05, 0) is 105 Å². The first-order valence-corrected chi connectivity index (χ1v) is 20.0. The molecule has 0 saturated carbocycles. The molecule has 10 rings (SSSR count). The van der Waals surface area contributed by atoms with Crippen molar-refractivity contribution < 1.29 is 45.5 Å². The minimum Gasteiger partial charge on any atom is -0.285 e. The topological polar surface area (TPSA) is 68.3 Å². The van der Waals surface area contributed by atoms with Gasteiger partial charge in [-0.3, -0.25) is 19.2 Å². The van der Waals surface area contributed by atoms with Gasteiger partial charge < -0.3 is 0 Å². The van der Waals surface area contributed by atoms with Crippen LogP contribution < -0.4 is 0 Å². The lowest BCUT2D eigenvalue weighted by Crippen LogP contribution is -2.24. The van der Waals surface area contributed by atoms with Crippen LogP contribution in [0.2, 0.25) is 0 Å². The summed E-state index contributed by atoms with van der Waals surface area (Å²) in [6, 6.07) is 9.41. The lowest BCUT2D eigenvalue weighted by atomic mass is 9.70. The van der Waals surface area contributed by atoms with Crippen molar-refractivity contribution in [1.29, 1.82) is 0 Å². The van der Waals surface area contributed by atoms with E-state index in [0.717, 1.165) is 79.6 Å². The van der Waals surface area contributed by atoms with Gasteiger partial charge in [0.25, 0.3) is 0 Å². The zero-order chi connectivity index (χ0) is 41.2. The third-order valence-electron chi connectivity index (χ3n) is 12.4. The molecule has 2 aromatic carbocycles. The molecule has 2 atom stereocenters. The second-order valence-electron chi connectivity index (χ2n) is 16.5. The first-order chi connectivity index (χ1) is 27.1. The van der Waals surface area contributed by atoms with Crippen LogP contribution in [0.4, 0.5) is 26.3 Å². The third-order valence-corrected chi connectivity index (χ3v) is 14.6. The molecule has 0 amide bonds. The highest BCUT2D eigenvalue weighted by Gasteiger charge is 2.47. The van der Waals surface area contributed by atoms with E-state index < -0.39 is 57.4 Å². The smallest absolute Gasteiger partial charge is 0.285 e. The van der Waals surface area contributed by atoms with Gasteiger partial charge in [0.05, 0.1) is 11.1 Å². The van der Waals surface area contributed by atoms with E-state index in [9.17, 15) is 45.5 Å². The predicted molar refractivity (Wildman–Crippen MR) is 211 cm³/mol. The van der Waals surface area contributed by atoms with Gasteiger partial charge in [-0.2, -0.15) is 26.3 Å². The molecule has 0 spiro atoms. The quantitative estimate of drug-likeness (QED) is 0.115. The number of rotatable bonds is 2. The Morgan fingerprint density at radius 1 is 0.517 bits per heavy atom. The molecule has 0 fully saturated rings. The fourth-order valence-corrected chi connectivity index (χ4v) is 11.9. The van der Waals surface area contributed by atoms with Crippen molar-refractivity contribution >= 4 is 80.3 Å². The maximum Gasteiger partial charge on any atom is 0.416 e. The van der Waals surface area contributed by atoms with Crippen LogP contribution in [0.15, 0.2) is 84.0 Å². The molecule has 6 aliphatic carbocycles. The summed E-state index contributed by atoms with van der Waals surface area (Å²) in [7, 11) is 0. The Bertz CT molecular complexity index is 2700. The number of allylic oxidation sites excluding steroid dienone is 10. The average Bonchev–Trinajstić information content (AvgIpc) is 3.96. The normalized spacial score (nSPS) is 23.6. The maximum absolute atomic E-state index is 13.6. The minimum atomic E-state index is -4.63. The van der Waals surface area contributed by atoms with Crippen LogP contribution in [0.25, 0.3) is 34.4 Å². The number of benzene rings is 2. The highest BCUT2D eigenvalue weighted by atomic mass is 32.1. The molecule has 0 bridgehead atoms. The van der Waals surface area contributed by atoms with Gasteiger partial charge in [-0.15, -0.1) is 22.7 Å². The van der Waals surface area contributed by atoms with E-state index in [1.54, 1.807) is 0 Å². The summed E-state index contributed by atoms with van der Waals surface area (Å²) >= 11 is 2.87. The van der Waals surface area contributed by atoms with Crippen molar-refractivity contribution in [3.63, 3.8) is 0 Å². The van der Waals surface area contributed by atoms with Gasteiger partial charge in [0.15, 0.2) is 0 Å². The summed E-state index contributed by atoms with van der Waals surface area (Å²) in [6.07, 6.45) is 2.85. The van der Waals surface area contributed by atoms with Crippen LogP contribution in [-0.4, -0.2) is 23.1 Å². The number of carbonyl (C=O) groups is 4. The molecule has 290 valence electrons. The number of carbonyl (C=O) groups excluding carboxylic acids is 4. The van der Waals surface area contributed by atoms with E-state index in [0.29, 0.717) is 9.75 Å². The molecule has 2 unspecified atom stereocenters. The zero-order valence-corrected chi connectivity index (χ0v) is 32.6. The lowest BCUT2D eigenvalue weighted by Gasteiger charge is -2.33. The fourth-order valence-electron chi connectivity index (χ4n) is 9.32. The summed E-state index contributed by atoms with van der Waals surface area (Å²) in [5, 5.41) is 0. The number of thiophene rings is 2. The molecule has 0 radical (unpaired) electrons. The number of hydrogen-bond donors (Lipinski definition) is 0. The Morgan fingerprint density at radius 3 is 1.26 bits per heavy atom. The van der Waals surface area contributed by atoms with Crippen molar-refractivity contribution in [2.45, 2.75) is 50.9 Å². The SMILES string of the molecule is CC1(C)C2=CC3C=C4C(=CC3C=C2c2sc(/C=C3\C(=O)C(=O)c5ccc(C(F)(F)F)cc53)cc21)C(C)(C)c1cc(/C=C2\C(=O)C(=O)c3ccc(C(F)(F)F)cc32)sc14. The first kappa shape index (κ1) is 36.9.